The van der Waals surface area contributed by atoms with Gasteiger partial charge in [-0.1, -0.05) is 52.3 Å². The van der Waals surface area contributed by atoms with E-state index in [1.165, 1.54) is 5.56 Å². The average molecular weight is 953 g/mol. The van der Waals surface area contributed by atoms with Crippen molar-refractivity contribution in [3.05, 3.63) is 64.1 Å². The van der Waals surface area contributed by atoms with Crippen molar-refractivity contribution >= 4 is 54.7 Å². The SMILES string of the molecule is CC(C)(C)OC(=O)N1CCCC1c1ccc(B2OC(C)(C)C(C)(C)O2)cc1.CC(C)(C)OC(=O)N1CCCC1c1ccc(Br)cc1.CC1(C)OB(B2OC(C)(C)C(C)(C)O2)OC1(C)C. The lowest BCUT2D eigenvalue weighted by Crippen LogP contribution is -2.41. The number of nitrogens with zero attached hydrogens (tertiary/aromatic N) is 2. The summed E-state index contributed by atoms with van der Waals surface area (Å²) in [5, 5.41) is 0. The molecule has 354 valence electrons. The summed E-state index contributed by atoms with van der Waals surface area (Å²) in [4.78, 5) is 28.4. The number of rotatable bonds is 4. The van der Waals surface area contributed by atoms with E-state index >= 15 is 0 Å². The van der Waals surface area contributed by atoms with Crippen LogP contribution in [0.3, 0.4) is 0 Å². The zero-order valence-corrected chi connectivity index (χ0v) is 43.7. The van der Waals surface area contributed by atoms with Crippen molar-refractivity contribution in [2.45, 2.75) is 207 Å². The molecule has 2 amide bonds. The Kier molecular flexibility index (Phi) is 15.4. The Morgan fingerprint density at radius 2 is 0.828 bits per heavy atom. The number of halogens is 1. The smallest absolute Gasteiger partial charge is 0.444 e. The lowest BCUT2D eigenvalue weighted by molar-refractivity contribution is 0.00578. The van der Waals surface area contributed by atoms with Crippen LogP contribution in [0.5, 0.6) is 0 Å². The van der Waals surface area contributed by atoms with Gasteiger partial charge in [0.25, 0.3) is 0 Å². The van der Waals surface area contributed by atoms with Gasteiger partial charge in [-0.25, -0.2) is 9.59 Å². The Morgan fingerprint density at radius 3 is 1.14 bits per heavy atom. The third-order valence-corrected chi connectivity index (χ3v) is 14.2. The van der Waals surface area contributed by atoms with Gasteiger partial charge in [0.1, 0.15) is 11.2 Å². The molecular weight excluding hydrogens is 877 g/mol. The molecule has 16 heteroatoms. The van der Waals surface area contributed by atoms with Crippen LogP contribution in [0.1, 0.15) is 174 Å². The van der Waals surface area contributed by atoms with Crippen LogP contribution in [0.25, 0.3) is 0 Å². The predicted octanol–water partition coefficient (Wildman–Crippen LogP) is 10.8. The number of hydrogen-bond acceptors (Lipinski definition) is 10. The van der Waals surface area contributed by atoms with Gasteiger partial charge in [0, 0.05) is 17.6 Å². The summed E-state index contributed by atoms with van der Waals surface area (Å²) in [6.45, 7) is 37.3. The van der Waals surface area contributed by atoms with Crippen LogP contribution in [0, 0.1) is 0 Å². The van der Waals surface area contributed by atoms with E-state index in [9.17, 15) is 9.59 Å². The van der Waals surface area contributed by atoms with Crippen molar-refractivity contribution in [1.82, 2.24) is 9.80 Å². The maximum absolute atomic E-state index is 12.5. The largest absolute Gasteiger partial charge is 0.494 e. The van der Waals surface area contributed by atoms with Crippen molar-refractivity contribution in [2.75, 3.05) is 13.1 Å². The topological polar surface area (TPSA) is 114 Å². The third kappa shape index (κ3) is 12.3. The van der Waals surface area contributed by atoms with Gasteiger partial charge < -0.3 is 47.2 Å². The lowest BCUT2D eigenvalue weighted by atomic mass is 9.49. The van der Waals surface area contributed by atoms with Crippen LogP contribution in [0.15, 0.2) is 53.0 Å². The minimum atomic E-state index is -0.481. The van der Waals surface area contributed by atoms with Gasteiger partial charge in [-0.3, -0.25) is 0 Å². The molecule has 64 heavy (non-hydrogen) atoms. The standard InChI is InChI=1S/C21H32BNO4.C15H20BrNO2.C12H24B2O4/c1-19(2,3)25-18(24)23-14-8-9-17(23)15-10-12-16(13-11-15)22-26-20(4,5)21(6,7)27-22;1-15(2,3)19-14(18)17-10-4-5-13(17)11-6-8-12(16)9-7-11;1-9(2)10(3,4)16-13(15-9)14-17-11(5,6)12(7,8)18-14/h10-13,17H,8-9,14H2,1-7H3;6-9,13H,4-5,10H2,1-3H3;1-8H3. The normalized spacial score (nSPS) is 25.1. The van der Waals surface area contributed by atoms with E-state index < -0.39 is 25.2 Å². The van der Waals surface area contributed by atoms with Crippen molar-refractivity contribution in [1.29, 1.82) is 0 Å². The number of carbonyl (C=O) groups is 2. The highest BCUT2D eigenvalue weighted by Crippen LogP contribution is 2.43. The molecule has 5 saturated heterocycles. The minimum Gasteiger partial charge on any atom is -0.444 e. The number of ether oxygens (including phenoxy) is 2. The van der Waals surface area contributed by atoms with Crippen molar-refractivity contribution in [2.24, 2.45) is 0 Å². The highest BCUT2D eigenvalue weighted by atomic mass is 79.9. The van der Waals surface area contributed by atoms with E-state index in [1.807, 2.05) is 131 Å². The first-order valence-electron chi connectivity index (χ1n) is 23.1. The fourth-order valence-corrected chi connectivity index (χ4v) is 8.11. The molecule has 12 nitrogen and oxygen atoms in total. The monoisotopic (exact) mass is 952 g/mol. The summed E-state index contributed by atoms with van der Waals surface area (Å²) in [5.41, 5.74) is 0.231. The molecule has 0 bridgehead atoms. The van der Waals surface area contributed by atoms with Crippen LogP contribution in [-0.4, -0.2) is 101 Å². The Bertz CT molecular complexity index is 1850. The molecule has 7 rings (SSSR count). The molecule has 0 radical (unpaired) electrons. The Balaban J connectivity index is 0.000000186. The van der Waals surface area contributed by atoms with Crippen LogP contribution in [0.4, 0.5) is 9.59 Å². The first-order chi connectivity index (χ1) is 29.1. The molecule has 0 aliphatic carbocycles. The summed E-state index contributed by atoms with van der Waals surface area (Å²) in [6, 6.07) is 16.6. The summed E-state index contributed by atoms with van der Waals surface area (Å²) in [7, 11) is -1.32. The molecule has 0 saturated carbocycles. The summed E-state index contributed by atoms with van der Waals surface area (Å²) in [5.74, 6) is 0. The van der Waals surface area contributed by atoms with Gasteiger partial charge in [0.05, 0.1) is 45.7 Å². The fourth-order valence-electron chi connectivity index (χ4n) is 7.84. The first kappa shape index (κ1) is 52.4. The van der Waals surface area contributed by atoms with Crippen molar-refractivity contribution in [3.63, 3.8) is 0 Å². The number of benzene rings is 2. The average Bonchev–Trinajstić information content (AvgIpc) is 3.94. The molecule has 0 aromatic heterocycles. The number of hydrogen-bond donors (Lipinski definition) is 0. The Morgan fingerprint density at radius 1 is 0.531 bits per heavy atom. The van der Waals surface area contributed by atoms with Crippen LogP contribution < -0.4 is 5.46 Å². The van der Waals surface area contributed by atoms with Gasteiger partial charge in [-0.05, 0) is 179 Å². The second-order valence-corrected chi connectivity index (χ2v) is 23.6. The summed E-state index contributed by atoms with van der Waals surface area (Å²) >= 11 is 3.43. The molecule has 2 aromatic carbocycles. The predicted molar refractivity (Wildman–Crippen MR) is 258 cm³/mol. The van der Waals surface area contributed by atoms with Crippen LogP contribution in [0.2, 0.25) is 0 Å². The number of carbonyl (C=O) groups excluding carboxylic acids is 2. The van der Waals surface area contributed by atoms with Gasteiger partial charge in [-0.15, -0.1) is 0 Å². The fraction of sp³-hybridized carbons (Fsp3) is 0.708. The van der Waals surface area contributed by atoms with Crippen LogP contribution in [-0.2, 0) is 37.4 Å². The molecule has 5 aliphatic rings. The molecule has 0 N–H and O–H groups in total. The second kappa shape index (κ2) is 18.8. The molecule has 2 atom stereocenters. The van der Waals surface area contributed by atoms with Crippen molar-refractivity contribution < 1.29 is 47.0 Å². The molecule has 0 spiro atoms. The quantitative estimate of drug-likeness (QED) is 0.274. The molecule has 2 unspecified atom stereocenters. The molecule has 5 aliphatic heterocycles. The zero-order valence-electron chi connectivity index (χ0n) is 42.1. The van der Waals surface area contributed by atoms with E-state index in [4.69, 9.17) is 37.4 Å². The highest BCUT2D eigenvalue weighted by molar-refractivity contribution is 9.10. The second-order valence-electron chi connectivity index (χ2n) is 22.7. The molecule has 5 fully saturated rings. The number of amides is 2. The molecule has 2 aromatic rings. The van der Waals surface area contributed by atoms with Gasteiger partial charge >= 0.3 is 33.3 Å². The van der Waals surface area contributed by atoms with Gasteiger partial charge in [0.2, 0.25) is 0 Å². The van der Waals surface area contributed by atoms with E-state index in [1.54, 1.807) is 0 Å². The maximum atomic E-state index is 12.5. The van der Waals surface area contributed by atoms with Gasteiger partial charge in [0.15, 0.2) is 0 Å². The third-order valence-electron chi connectivity index (χ3n) is 13.6. The number of likely N-dealkylation sites (tertiary alicyclic amines) is 2. The summed E-state index contributed by atoms with van der Waals surface area (Å²) < 4.78 is 48.2. The Labute approximate surface area is 394 Å². The van der Waals surface area contributed by atoms with Crippen molar-refractivity contribution in [3.8, 4) is 0 Å². The van der Waals surface area contributed by atoms with Gasteiger partial charge in [-0.2, -0.15) is 0 Å². The first-order valence-corrected chi connectivity index (χ1v) is 23.9. The molecule has 5 heterocycles. The van der Waals surface area contributed by atoms with E-state index in [2.05, 4.69) is 67.9 Å². The minimum absolute atomic E-state index is 0.0622. The summed E-state index contributed by atoms with van der Waals surface area (Å²) in [6.07, 6.45) is 3.52. The lowest BCUT2D eigenvalue weighted by Gasteiger charge is -2.32. The highest BCUT2D eigenvalue weighted by Gasteiger charge is 2.64. The zero-order chi connectivity index (χ0) is 48.1. The Hall–Kier alpha value is -2.59. The molecular formula is C48H76B3BrN2O10. The van der Waals surface area contributed by atoms with E-state index in [0.717, 1.165) is 54.3 Å². The van der Waals surface area contributed by atoms with Crippen LogP contribution >= 0.6 is 15.9 Å². The van der Waals surface area contributed by atoms with E-state index in [0.29, 0.717) is 0 Å². The van der Waals surface area contributed by atoms with E-state index in [-0.39, 0.29) is 65.0 Å². The maximum Gasteiger partial charge on any atom is 0.494 e.